The maximum Gasteiger partial charge on any atom is 0.332 e. The van der Waals surface area contributed by atoms with Crippen LogP contribution in [-0.4, -0.2) is 35.5 Å². The number of ether oxygens (including phenoxy) is 1. The standard InChI is InChI=1S/C19H15BrCl2N2O3/c20-12-3-1-2-11(4-12)10-27-16-8-17-18(25)24(19(26)23(17)9-16)15-6-13(21)5-14(22)7-15/h1-7,16-17H,8-10H2/t16-,17-/m0/s1. The highest BCUT2D eigenvalue weighted by molar-refractivity contribution is 9.10. The number of halogens is 3. The van der Waals surface area contributed by atoms with E-state index in [0.717, 1.165) is 14.9 Å². The van der Waals surface area contributed by atoms with Gasteiger partial charge in [-0.05, 0) is 35.9 Å². The van der Waals surface area contributed by atoms with Gasteiger partial charge in [-0.25, -0.2) is 9.69 Å². The lowest BCUT2D eigenvalue weighted by atomic mass is 10.1. The molecule has 2 aliphatic rings. The van der Waals surface area contributed by atoms with E-state index in [0.29, 0.717) is 35.3 Å². The van der Waals surface area contributed by atoms with E-state index >= 15 is 0 Å². The molecule has 8 heteroatoms. The predicted octanol–water partition coefficient (Wildman–Crippen LogP) is 4.88. The van der Waals surface area contributed by atoms with Gasteiger partial charge >= 0.3 is 6.03 Å². The van der Waals surface area contributed by atoms with E-state index in [-0.39, 0.29) is 18.0 Å². The molecule has 0 aliphatic carbocycles. The lowest BCUT2D eigenvalue weighted by Crippen LogP contribution is -2.35. The Labute approximate surface area is 174 Å². The molecule has 0 aromatic heterocycles. The third kappa shape index (κ3) is 3.72. The van der Waals surface area contributed by atoms with E-state index in [9.17, 15) is 9.59 Å². The Bertz CT molecular complexity index is 879. The van der Waals surface area contributed by atoms with Gasteiger partial charge in [0, 0.05) is 27.5 Å². The average Bonchev–Trinajstić information content (AvgIpc) is 3.12. The topological polar surface area (TPSA) is 49.9 Å². The highest BCUT2D eigenvalue weighted by Crippen LogP contribution is 2.35. The van der Waals surface area contributed by atoms with Crippen molar-refractivity contribution in [3.05, 3.63) is 62.5 Å². The van der Waals surface area contributed by atoms with Gasteiger partial charge in [-0.15, -0.1) is 0 Å². The summed E-state index contributed by atoms with van der Waals surface area (Å²) in [6, 6.07) is 11.7. The molecule has 2 fully saturated rings. The lowest BCUT2D eigenvalue weighted by molar-refractivity contribution is -0.119. The SMILES string of the molecule is O=C1[C@@H]2C[C@H](OCc3cccc(Br)c3)CN2C(=O)N1c1cc(Cl)cc(Cl)c1. The van der Waals surface area contributed by atoms with Crippen LogP contribution < -0.4 is 4.90 Å². The summed E-state index contributed by atoms with van der Waals surface area (Å²) in [5, 5.41) is 0.751. The highest BCUT2D eigenvalue weighted by atomic mass is 79.9. The fourth-order valence-electron chi connectivity index (χ4n) is 3.48. The van der Waals surface area contributed by atoms with Gasteiger partial charge in [0.25, 0.3) is 5.91 Å². The number of rotatable bonds is 4. The monoisotopic (exact) mass is 468 g/mol. The van der Waals surface area contributed by atoms with Crippen molar-refractivity contribution in [3.8, 4) is 0 Å². The Kier molecular flexibility index (Phi) is 5.16. The zero-order valence-corrected chi connectivity index (χ0v) is 17.2. The zero-order chi connectivity index (χ0) is 19.1. The molecule has 5 nitrogen and oxygen atoms in total. The first-order chi connectivity index (χ1) is 12.9. The molecule has 0 spiro atoms. The van der Waals surface area contributed by atoms with E-state index in [1.807, 2.05) is 24.3 Å². The van der Waals surface area contributed by atoms with Gasteiger partial charge in [0.1, 0.15) is 6.04 Å². The van der Waals surface area contributed by atoms with Crippen molar-refractivity contribution in [2.24, 2.45) is 0 Å². The van der Waals surface area contributed by atoms with Crippen molar-refractivity contribution in [2.45, 2.75) is 25.2 Å². The van der Waals surface area contributed by atoms with Crippen molar-refractivity contribution >= 4 is 56.8 Å². The molecule has 0 N–H and O–H groups in total. The number of benzene rings is 2. The van der Waals surface area contributed by atoms with Crippen molar-refractivity contribution in [3.63, 3.8) is 0 Å². The van der Waals surface area contributed by atoms with Gasteiger partial charge in [-0.3, -0.25) is 4.79 Å². The Morgan fingerprint density at radius 1 is 1.11 bits per heavy atom. The number of amides is 3. The Hall–Kier alpha value is -1.60. The number of urea groups is 1. The smallest absolute Gasteiger partial charge is 0.332 e. The molecule has 2 aromatic carbocycles. The maximum absolute atomic E-state index is 12.8. The first kappa shape index (κ1) is 18.7. The molecule has 2 aliphatic heterocycles. The van der Waals surface area contributed by atoms with Gasteiger partial charge in [-0.2, -0.15) is 0 Å². The first-order valence-electron chi connectivity index (χ1n) is 8.39. The van der Waals surface area contributed by atoms with Crippen LogP contribution in [-0.2, 0) is 16.1 Å². The van der Waals surface area contributed by atoms with Gasteiger partial charge < -0.3 is 9.64 Å². The minimum absolute atomic E-state index is 0.174. The fourth-order valence-corrected chi connectivity index (χ4v) is 4.44. The van der Waals surface area contributed by atoms with Crippen LogP contribution in [0.2, 0.25) is 10.0 Å². The Balaban J connectivity index is 1.45. The van der Waals surface area contributed by atoms with Crippen molar-refractivity contribution in [1.82, 2.24) is 4.90 Å². The van der Waals surface area contributed by atoms with Crippen molar-refractivity contribution in [1.29, 1.82) is 0 Å². The summed E-state index contributed by atoms with van der Waals surface area (Å²) in [6.45, 7) is 0.814. The fraction of sp³-hybridized carbons (Fsp3) is 0.263. The van der Waals surface area contributed by atoms with Crippen LogP contribution in [0.15, 0.2) is 46.9 Å². The minimum atomic E-state index is -0.511. The minimum Gasteiger partial charge on any atom is -0.372 e. The number of hydrogen-bond acceptors (Lipinski definition) is 3. The Morgan fingerprint density at radius 3 is 2.52 bits per heavy atom. The molecule has 27 heavy (non-hydrogen) atoms. The van der Waals surface area contributed by atoms with Crippen molar-refractivity contribution in [2.75, 3.05) is 11.4 Å². The second kappa shape index (κ2) is 7.43. The molecule has 0 radical (unpaired) electrons. The molecule has 2 saturated heterocycles. The van der Waals surface area contributed by atoms with E-state index in [1.54, 1.807) is 23.1 Å². The van der Waals surface area contributed by atoms with Crippen LogP contribution in [0, 0.1) is 0 Å². The number of hydrogen-bond donors (Lipinski definition) is 0. The summed E-state index contributed by atoms with van der Waals surface area (Å²) in [4.78, 5) is 28.3. The average molecular weight is 470 g/mol. The van der Waals surface area contributed by atoms with Crippen LogP contribution in [0.3, 0.4) is 0 Å². The van der Waals surface area contributed by atoms with Crippen LogP contribution in [0.4, 0.5) is 10.5 Å². The predicted molar refractivity (Wildman–Crippen MR) is 107 cm³/mol. The summed E-state index contributed by atoms with van der Waals surface area (Å²) < 4.78 is 6.91. The third-order valence-electron chi connectivity index (χ3n) is 4.69. The summed E-state index contributed by atoms with van der Waals surface area (Å²) in [6.07, 6.45) is 0.301. The number of carbonyl (C=O) groups is 2. The molecular weight excluding hydrogens is 455 g/mol. The normalized spacial score (nSPS) is 21.9. The molecule has 0 unspecified atom stereocenters. The van der Waals surface area contributed by atoms with Crippen molar-refractivity contribution < 1.29 is 14.3 Å². The van der Waals surface area contributed by atoms with Crippen LogP contribution in [0.1, 0.15) is 12.0 Å². The van der Waals surface area contributed by atoms with Crippen LogP contribution in [0.25, 0.3) is 0 Å². The second-order valence-electron chi connectivity index (χ2n) is 6.55. The number of anilines is 1. The van der Waals surface area contributed by atoms with E-state index in [1.165, 1.54) is 0 Å². The first-order valence-corrected chi connectivity index (χ1v) is 9.94. The molecule has 140 valence electrons. The van der Waals surface area contributed by atoms with Gasteiger partial charge in [0.05, 0.1) is 18.4 Å². The van der Waals surface area contributed by atoms with Crippen LogP contribution >= 0.6 is 39.1 Å². The molecule has 0 bridgehead atoms. The Morgan fingerprint density at radius 2 is 1.85 bits per heavy atom. The number of carbonyl (C=O) groups excluding carboxylic acids is 2. The molecule has 2 aromatic rings. The molecule has 2 atom stereocenters. The lowest BCUT2D eigenvalue weighted by Gasteiger charge is -2.18. The van der Waals surface area contributed by atoms with Gasteiger partial charge in [0.15, 0.2) is 0 Å². The number of fused-ring (bicyclic) bond motifs is 1. The third-order valence-corrected chi connectivity index (χ3v) is 5.62. The molecule has 2 heterocycles. The van der Waals surface area contributed by atoms with Gasteiger partial charge in [-0.1, -0.05) is 51.3 Å². The zero-order valence-electron chi connectivity index (χ0n) is 14.1. The second-order valence-corrected chi connectivity index (χ2v) is 8.34. The summed E-state index contributed by atoms with van der Waals surface area (Å²) in [7, 11) is 0. The summed E-state index contributed by atoms with van der Waals surface area (Å²) in [5.74, 6) is -0.271. The van der Waals surface area contributed by atoms with E-state index in [2.05, 4.69) is 15.9 Å². The summed E-state index contributed by atoms with van der Waals surface area (Å²) >= 11 is 15.4. The maximum atomic E-state index is 12.8. The highest BCUT2D eigenvalue weighted by Gasteiger charge is 2.51. The molecule has 4 rings (SSSR count). The number of nitrogens with zero attached hydrogens (tertiary/aromatic N) is 2. The number of imide groups is 1. The summed E-state index contributed by atoms with van der Waals surface area (Å²) in [5.41, 5.74) is 1.42. The molecular formula is C19H15BrCl2N2O3. The van der Waals surface area contributed by atoms with E-state index < -0.39 is 6.04 Å². The molecule has 3 amide bonds. The van der Waals surface area contributed by atoms with Crippen LogP contribution in [0.5, 0.6) is 0 Å². The van der Waals surface area contributed by atoms with Gasteiger partial charge in [0.2, 0.25) is 0 Å². The van der Waals surface area contributed by atoms with E-state index in [4.69, 9.17) is 27.9 Å². The largest absolute Gasteiger partial charge is 0.372 e. The molecule has 0 saturated carbocycles. The quantitative estimate of drug-likeness (QED) is 0.599.